The van der Waals surface area contributed by atoms with E-state index >= 15 is 0 Å². The fourth-order valence-corrected chi connectivity index (χ4v) is 3.34. The minimum atomic E-state index is -0.694. The first-order valence-corrected chi connectivity index (χ1v) is 7.95. The Morgan fingerprint density at radius 1 is 1.33 bits per heavy atom. The Morgan fingerprint density at radius 3 is 2.90 bits per heavy atom. The summed E-state index contributed by atoms with van der Waals surface area (Å²) in [5, 5.41) is 12.4. The van der Waals surface area contributed by atoms with E-state index in [4.69, 9.17) is 5.11 Å². The number of carboxylic acids is 1. The molecule has 0 bridgehead atoms. The molecule has 1 aliphatic heterocycles. The molecule has 4 heteroatoms. The number of rotatable bonds is 7. The number of likely N-dealkylation sites (tertiary alicyclic amines) is 1. The van der Waals surface area contributed by atoms with Crippen LogP contribution >= 0.6 is 0 Å². The first-order valence-electron chi connectivity index (χ1n) is 7.95. The van der Waals surface area contributed by atoms with Crippen LogP contribution in [0.5, 0.6) is 0 Å². The minimum absolute atomic E-state index is 0.263. The molecule has 3 atom stereocenters. The van der Waals surface area contributed by atoms with Crippen LogP contribution in [0.2, 0.25) is 0 Å². The van der Waals surface area contributed by atoms with Gasteiger partial charge in [-0.2, -0.15) is 0 Å². The Hall–Kier alpha value is -1.39. The Labute approximate surface area is 126 Å². The predicted molar refractivity (Wildman–Crippen MR) is 82.4 cm³/mol. The third-order valence-corrected chi connectivity index (χ3v) is 4.70. The summed E-state index contributed by atoms with van der Waals surface area (Å²) in [5.41, 5.74) is 1.45. The van der Waals surface area contributed by atoms with Crippen molar-refractivity contribution in [3.05, 3.63) is 35.9 Å². The molecule has 2 fully saturated rings. The highest BCUT2D eigenvalue weighted by Crippen LogP contribution is 2.40. The van der Waals surface area contributed by atoms with Crippen molar-refractivity contribution >= 4 is 5.97 Å². The van der Waals surface area contributed by atoms with Crippen LogP contribution in [-0.4, -0.2) is 48.2 Å². The van der Waals surface area contributed by atoms with Gasteiger partial charge in [0, 0.05) is 25.0 Å². The zero-order valence-corrected chi connectivity index (χ0v) is 12.4. The smallest absolute Gasteiger partial charge is 0.304 e. The number of carbonyl (C=O) groups is 1. The zero-order valence-electron chi connectivity index (χ0n) is 12.4. The Kier molecular flexibility index (Phi) is 4.56. The number of benzene rings is 1. The third kappa shape index (κ3) is 4.05. The highest BCUT2D eigenvalue weighted by Gasteiger charge is 2.38. The van der Waals surface area contributed by atoms with Crippen LogP contribution in [-0.2, 0) is 4.79 Å². The van der Waals surface area contributed by atoms with Gasteiger partial charge in [0.05, 0.1) is 6.42 Å². The summed E-state index contributed by atoms with van der Waals surface area (Å²) in [5.74, 6) is 0.673. The first kappa shape index (κ1) is 14.5. The molecule has 4 nitrogen and oxygen atoms in total. The lowest BCUT2D eigenvalue weighted by atomic mass is 10.1. The van der Waals surface area contributed by atoms with E-state index in [1.54, 1.807) is 0 Å². The third-order valence-electron chi connectivity index (χ3n) is 4.70. The summed E-state index contributed by atoms with van der Waals surface area (Å²) >= 11 is 0. The topological polar surface area (TPSA) is 52.6 Å². The average molecular weight is 288 g/mol. The van der Waals surface area contributed by atoms with Gasteiger partial charge < -0.3 is 15.3 Å². The minimum Gasteiger partial charge on any atom is -0.481 e. The van der Waals surface area contributed by atoms with Crippen molar-refractivity contribution in [2.75, 3.05) is 26.2 Å². The van der Waals surface area contributed by atoms with E-state index in [1.807, 2.05) is 0 Å². The molecule has 1 aromatic rings. The molecule has 0 aromatic heterocycles. The van der Waals surface area contributed by atoms with Crippen LogP contribution in [0.25, 0.3) is 0 Å². The molecule has 21 heavy (non-hydrogen) atoms. The molecule has 1 aromatic carbocycles. The standard InChI is InChI=1S/C17H24N2O2/c20-17(21)7-9-19-8-6-13(12-19)11-18-16-10-15(16)14-4-2-1-3-5-14/h1-5,13,15-16,18H,6-12H2,(H,20,21)/t13-,15-,16+/m0/s1. The van der Waals surface area contributed by atoms with Gasteiger partial charge in [-0.1, -0.05) is 30.3 Å². The number of hydrogen-bond acceptors (Lipinski definition) is 3. The van der Waals surface area contributed by atoms with Gasteiger partial charge in [0.15, 0.2) is 0 Å². The van der Waals surface area contributed by atoms with E-state index in [2.05, 4.69) is 40.5 Å². The fourth-order valence-electron chi connectivity index (χ4n) is 3.34. The molecule has 114 valence electrons. The monoisotopic (exact) mass is 288 g/mol. The maximum absolute atomic E-state index is 10.6. The van der Waals surface area contributed by atoms with Crippen LogP contribution in [0.15, 0.2) is 30.3 Å². The summed E-state index contributed by atoms with van der Waals surface area (Å²) in [6, 6.07) is 11.4. The molecule has 1 saturated carbocycles. The van der Waals surface area contributed by atoms with Crippen molar-refractivity contribution in [1.82, 2.24) is 10.2 Å². The van der Waals surface area contributed by atoms with Gasteiger partial charge in [-0.3, -0.25) is 4.79 Å². The summed E-state index contributed by atoms with van der Waals surface area (Å²) in [7, 11) is 0. The number of carboxylic acid groups (broad SMARTS) is 1. The summed E-state index contributed by atoms with van der Waals surface area (Å²) < 4.78 is 0. The molecule has 0 amide bonds. The predicted octanol–water partition coefficient (Wildman–Crippen LogP) is 1.93. The highest BCUT2D eigenvalue weighted by atomic mass is 16.4. The largest absolute Gasteiger partial charge is 0.481 e. The number of hydrogen-bond donors (Lipinski definition) is 2. The van der Waals surface area contributed by atoms with Crippen LogP contribution in [0.1, 0.15) is 30.7 Å². The lowest BCUT2D eigenvalue weighted by Crippen LogP contribution is -2.29. The van der Waals surface area contributed by atoms with Crippen LogP contribution < -0.4 is 5.32 Å². The molecule has 1 aliphatic carbocycles. The second kappa shape index (κ2) is 6.58. The molecule has 1 heterocycles. The maximum atomic E-state index is 10.6. The van der Waals surface area contributed by atoms with Crippen molar-refractivity contribution < 1.29 is 9.90 Å². The average Bonchev–Trinajstić information content (AvgIpc) is 3.13. The second-order valence-corrected chi connectivity index (χ2v) is 6.37. The maximum Gasteiger partial charge on any atom is 0.304 e. The van der Waals surface area contributed by atoms with Crippen molar-refractivity contribution in [3.63, 3.8) is 0 Å². The van der Waals surface area contributed by atoms with Crippen molar-refractivity contribution in [3.8, 4) is 0 Å². The first-order chi connectivity index (χ1) is 10.2. The van der Waals surface area contributed by atoms with E-state index in [0.717, 1.165) is 19.6 Å². The zero-order chi connectivity index (χ0) is 14.7. The van der Waals surface area contributed by atoms with E-state index in [-0.39, 0.29) is 6.42 Å². The molecule has 2 aliphatic rings. The van der Waals surface area contributed by atoms with Gasteiger partial charge in [0.2, 0.25) is 0 Å². The molecule has 0 unspecified atom stereocenters. The van der Waals surface area contributed by atoms with E-state index in [1.165, 1.54) is 18.4 Å². The summed E-state index contributed by atoms with van der Waals surface area (Å²) in [6.07, 6.45) is 2.70. The van der Waals surface area contributed by atoms with E-state index in [9.17, 15) is 4.79 Å². The van der Waals surface area contributed by atoms with Gasteiger partial charge in [-0.15, -0.1) is 0 Å². The highest BCUT2D eigenvalue weighted by molar-refractivity contribution is 5.66. The van der Waals surface area contributed by atoms with Crippen molar-refractivity contribution in [1.29, 1.82) is 0 Å². The number of nitrogens with one attached hydrogen (secondary N) is 1. The quantitative estimate of drug-likeness (QED) is 0.805. The lowest BCUT2D eigenvalue weighted by Gasteiger charge is -2.15. The van der Waals surface area contributed by atoms with Crippen LogP contribution in [0, 0.1) is 5.92 Å². The van der Waals surface area contributed by atoms with E-state index in [0.29, 0.717) is 24.4 Å². The number of aliphatic carboxylic acids is 1. The fraction of sp³-hybridized carbons (Fsp3) is 0.588. The van der Waals surface area contributed by atoms with Gasteiger partial charge in [-0.25, -0.2) is 0 Å². The Bertz CT molecular complexity index is 477. The molecule has 2 N–H and O–H groups in total. The summed E-state index contributed by atoms with van der Waals surface area (Å²) in [6.45, 7) is 3.86. The summed E-state index contributed by atoms with van der Waals surface area (Å²) in [4.78, 5) is 12.9. The molecule has 0 radical (unpaired) electrons. The van der Waals surface area contributed by atoms with Gasteiger partial charge >= 0.3 is 5.97 Å². The lowest BCUT2D eigenvalue weighted by molar-refractivity contribution is -0.137. The molecule has 1 saturated heterocycles. The second-order valence-electron chi connectivity index (χ2n) is 6.37. The Morgan fingerprint density at radius 2 is 2.14 bits per heavy atom. The van der Waals surface area contributed by atoms with E-state index < -0.39 is 5.97 Å². The van der Waals surface area contributed by atoms with Crippen LogP contribution in [0.4, 0.5) is 0 Å². The molecule has 3 rings (SSSR count). The van der Waals surface area contributed by atoms with Crippen LogP contribution in [0.3, 0.4) is 0 Å². The van der Waals surface area contributed by atoms with Gasteiger partial charge in [-0.05, 0) is 37.4 Å². The van der Waals surface area contributed by atoms with Crippen molar-refractivity contribution in [2.24, 2.45) is 5.92 Å². The molecule has 0 spiro atoms. The molecular formula is C17H24N2O2. The normalized spacial score (nSPS) is 28.7. The van der Waals surface area contributed by atoms with Crippen molar-refractivity contribution in [2.45, 2.75) is 31.2 Å². The SMILES string of the molecule is O=C(O)CCN1CC[C@@H](CN[C@@H]2C[C@H]2c2ccccc2)C1. The Balaban J connectivity index is 1.35. The van der Waals surface area contributed by atoms with Gasteiger partial charge in [0.1, 0.15) is 0 Å². The molecular weight excluding hydrogens is 264 g/mol. The van der Waals surface area contributed by atoms with Gasteiger partial charge in [0.25, 0.3) is 0 Å². The number of nitrogens with zero attached hydrogens (tertiary/aromatic N) is 1.